The second-order valence-electron chi connectivity index (χ2n) is 8.85. The number of amides is 1. The first-order valence-corrected chi connectivity index (χ1v) is 11.6. The standard InChI is InChI=1S/C27H28N4O3/c1-18-25-19(17-28-18)16-22(29-26(25)32)27(33)31(20-12-14-30(2)15-13-20)23-10-6-7-11-24(23)34-21-8-4-3-5-9-21/h3-11,16-17,20,28H,12-15H2,1-2H3,(H,29,32). The molecule has 2 aromatic heterocycles. The van der Waals surface area contributed by atoms with Gasteiger partial charge in [0, 0.05) is 23.3 Å². The number of anilines is 1. The minimum absolute atomic E-state index is 0.0172. The van der Waals surface area contributed by atoms with Gasteiger partial charge in [-0.3, -0.25) is 9.59 Å². The number of aromatic amines is 2. The van der Waals surface area contributed by atoms with Gasteiger partial charge < -0.3 is 24.5 Å². The summed E-state index contributed by atoms with van der Waals surface area (Å²) >= 11 is 0. The van der Waals surface area contributed by atoms with Gasteiger partial charge in [0.05, 0.1) is 11.1 Å². The molecule has 1 fully saturated rings. The van der Waals surface area contributed by atoms with Gasteiger partial charge in [0.2, 0.25) is 0 Å². The van der Waals surface area contributed by atoms with Crippen LogP contribution in [0.5, 0.6) is 11.5 Å². The smallest absolute Gasteiger partial charge is 0.275 e. The van der Waals surface area contributed by atoms with Crippen LogP contribution in [0.3, 0.4) is 0 Å². The van der Waals surface area contributed by atoms with Crippen molar-refractivity contribution in [2.75, 3.05) is 25.0 Å². The van der Waals surface area contributed by atoms with E-state index in [-0.39, 0.29) is 23.2 Å². The highest BCUT2D eigenvalue weighted by Gasteiger charge is 2.32. The van der Waals surface area contributed by atoms with Crippen molar-refractivity contribution in [3.8, 4) is 11.5 Å². The van der Waals surface area contributed by atoms with Crippen LogP contribution in [0.2, 0.25) is 0 Å². The van der Waals surface area contributed by atoms with Gasteiger partial charge in [-0.25, -0.2) is 0 Å². The molecule has 1 amide bonds. The van der Waals surface area contributed by atoms with Crippen LogP contribution in [0.15, 0.2) is 71.7 Å². The number of nitrogens with zero attached hydrogens (tertiary/aromatic N) is 2. The van der Waals surface area contributed by atoms with E-state index >= 15 is 0 Å². The van der Waals surface area contributed by atoms with Crippen LogP contribution in [0, 0.1) is 6.92 Å². The van der Waals surface area contributed by atoms with Crippen LogP contribution < -0.4 is 15.2 Å². The lowest BCUT2D eigenvalue weighted by molar-refractivity contribution is 0.0958. The summed E-state index contributed by atoms with van der Waals surface area (Å²) in [5.41, 5.74) is 1.47. The van der Waals surface area contributed by atoms with Gasteiger partial charge in [-0.1, -0.05) is 30.3 Å². The summed E-state index contributed by atoms with van der Waals surface area (Å²) in [6.45, 7) is 3.63. The lowest BCUT2D eigenvalue weighted by Crippen LogP contribution is -2.47. The van der Waals surface area contributed by atoms with Crippen LogP contribution in [0.4, 0.5) is 5.69 Å². The van der Waals surface area contributed by atoms with E-state index in [0.29, 0.717) is 22.6 Å². The van der Waals surface area contributed by atoms with Crippen LogP contribution in [0.25, 0.3) is 10.8 Å². The molecule has 2 aromatic carbocycles. The fraction of sp³-hybridized carbons (Fsp3) is 0.259. The minimum atomic E-state index is -0.267. The van der Waals surface area contributed by atoms with Crippen molar-refractivity contribution in [2.24, 2.45) is 0 Å². The van der Waals surface area contributed by atoms with Crippen molar-refractivity contribution < 1.29 is 9.53 Å². The topological polar surface area (TPSA) is 81.4 Å². The molecule has 7 nitrogen and oxygen atoms in total. The normalized spacial score (nSPS) is 14.9. The third kappa shape index (κ3) is 4.22. The van der Waals surface area contributed by atoms with Crippen LogP contribution in [-0.2, 0) is 0 Å². The molecule has 2 N–H and O–H groups in total. The highest BCUT2D eigenvalue weighted by atomic mass is 16.5. The predicted octanol–water partition coefficient (Wildman–Crippen LogP) is 4.70. The highest BCUT2D eigenvalue weighted by Crippen LogP contribution is 2.36. The van der Waals surface area contributed by atoms with E-state index < -0.39 is 0 Å². The number of hydrogen-bond acceptors (Lipinski definition) is 4. The third-order valence-corrected chi connectivity index (χ3v) is 6.48. The van der Waals surface area contributed by atoms with Crippen LogP contribution in [-0.4, -0.2) is 47.0 Å². The molecule has 0 saturated carbocycles. The molecule has 0 atom stereocenters. The molecule has 0 spiro atoms. The maximum absolute atomic E-state index is 14.0. The molecule has 4 aromatic rings. The predicted molar refractivity (Wildman–Crippen MR) is 134 cm³/mol. The Morgan fingerprint density at radius 3 is 2.53 bits per heavy atom. The number of benzene rings is 2. The van der Waals surface area contributed by atoms with Crippen molar-refractivity contribution in [3.05, 3.63) is 88.6 Å². The molecule has 174 valence electrons. The van der Waals surface area contributed by atoms with Gasteiger partial charge in [-0.2, -0.15) is 0 Å². The van der Waals surface area contributed by atoms with Gasteiger partial charge in [0.1, 0.15) is 11.4 Å². The molecule has 0 bridgehead atoms. The number of fused-ring (bicyclic) bond motifs is 1. The fourth-order valence-corrected chi connectivity index (χ4v) is 4.67. The van der Waals surface area contributed by atoms with Gasteiger partial charge in [0.25, 0.3) is 11.5 Å². The third-order valence-electron chi connectivity index (χ3n) is 6.48. The average molecular weight is 457 g/mol. The zero-order chi connectivity index (χ0) is 23.7. The van der Waals surface area contributed by atoms with E-state index in [4.69, 9.17) is 4.74 Å². The summed E-state index contributed by atoms with van der Waals surface area (Å²) < 4.78 is 6.20. The lowest BCUT2D eigenvalue weighted by atomic mass is 10.0. The largest absolute Gasteiger partial charge is 0.455 e. The highest BCUT2D eigenvalue weighted by molar-refractivity contribution is 6.07. The SMILES string of the molecule is Cc1[nH]cc2cc(C(=O)N(c3ccccc3Oc3ccccc3)C3CCN(C)CC3)[nH]c(=O)c12. The number of nitrogens with one attached hydrogen (secondary N) is 2. The van der Waals surface area contributed by atoms with Crippen LogP contribution in [0.1, 0.15) is 29.0 Å². The molecule has 1 saturated heterocycles. The summed E-state index contributed by atoms with van der Waals surface area (Å²) in [5.74, 6) is 1.06. The van der Waals surface area contributed by atoms with E-state index in [9.17, 15) is 9.59 Å². The molecular formula is C27H28N4O3. The molecule has 0 unspecified atom stereocenters. The molecule has 1 aliphatic heterocycles. The van der Waals surface area contributed by atoms with Crippen molar-refractivity contribution in [1.29, 1.82) is 0 Å². The van der Waals surface area contributed by atoms with Gasteiger partial charge in [-0.05, 0) is 70.2 Å². The van der Waals surface area contributed by atoms with Gasteiger partial charge in [0.15, 0.2) is 5.75 Å². The Morgan fingerprint density at radius 2 is 1.76 bits per heavy atom. The lowest BCUT2D eigenvalue weighted by Gasteiger charge is -2.37. The molecule has 0 radical (unpaired) electrons. The first-order valence-electron chi connectivity index (χ1n) is 11.6. The summed E-state index contributed by atoms with van der Waals surface area (Å²) in [4.78, 5) is 36.8. The summed E-state index contributed by atoms with van der Waals surface area (Å²) in [7, 11) is 2.09. The van der Waals surface area contributed by atoms with Crippen molar-refractivity contribution in [3.63, 3.8) is 0 Å². The zero-order valence-electron chi connectivity index (χ0n) is 19.4. The number of likely N-dealkylation sites (tertiary alicyclic amines) is 1. The second kappa shape index (κ2) is 9.19. The number of carbonyl (C=O) groups excluding carboxylic acids is 1. The monoisotopic (exact) mass is 456 g/mol. The average Bonchev–Trinajstić information content (AvgIpc) is 3.23. The number of aryl methyl sites for hydroxylation is 1. The van der Waals surface area contributed by atoms with Gasteiger partial charge >= 0.3 is 0 Å². The maximum Gasteiger partial charge on any atom is 0.275 e. The zero-order valence-corrected chi connectivity index (χ0v) is 19.4. The molecule has 0 aliphatic carbocycles. The number of piperidine rings is 1. The van der Waals surface area contributed by atoms with E-state index in [1.54, 1.807) is 12.3 Å². The number of H-pyrrole nitrogens is 2. The second-order valence-corrected chi connectivity index (χ2v) is 8.85. The molecular weight excluding hydrogens is 428 g/mol. The maximum atomic E-state index is 14.0. The molecule has 5 rings (SSSR count). The Morgan fingerprint density at radius 1 is 1.06 bits per heavy atom. The number of para-hydroxylation sites is 3. The molecule has 1 aliphatic rings. The summed E-state index contributed by atoms with van der Waals surface area (Å²) in [5, 5.41) is 1.30. The number of ether oxygens (including phenoxy) is 1. The number of hydrogen-bond donors (Lipinski definition) is 2. The molecule has 34 heavy (non-hydrogen) atoms. The quantitative estimate of drug-likeness (QED) is 0.456. The molecule has 3 heterocycles. The van der Waals surface area contributed by atoms with Crippen LogP contribution >= 0.6 is 0 Å². The Hall–Kier alpha value is -3.84. The van der Waals surface area contributed by atoms with E-state index in [2.05, 4.69) is 21.9 Å². The van der Waals surface area contributed by atoms with Crippen molar-refractivity contribution in [2.45, 2.75) is 25.8 Å². The van der Waals surface area contributed by atoms with Crippen molar-refractivity contribution >= 4 is 22.4 Å². The minimum Gasteiger partial charge on any atom is -0.455 e. The van der Waals surface area contributed by atoms with E-state index in [1.165, 1.54) is 0 Å². The van der Waals surface area contributed by atoms with Gasteiger partial charge in [-0.15, -0.1) is 0 Å². The first-order chi connectivity index (χ1) is 16.5. The Balaban J connectivity index is 1.59. The Kier molecular flexibility index (Phi) is 5.94. The Labute approximate surface area is 198 Å². The molecule has 7 heteroatoms. The number of pyridine rings is 1. The fourth-order valence-electron chi connectivity index (χ4n) is 4.67. The van der Waals surface area contributed by atoms with E-state index in [0.717, 1.165) is 37.0 Å². The van der Waals surface area contributed by atoms with Crippen molar-refractivity contribution in [1.82, 2.24) is 14.9 Å². The number of aromatic nitrogens is 2. The number of carbonyl (C=O) groups is 1. The summed E-state index contributed by atoms with van der Waals surface area (Å²) in [6.07, 6.45) is 3.43. The Bertz CT molecular complexity index is 1370. The van der Waals surface area contributed by atoms with E-state index in [1.807, 2.05) is 66.4 Å². The number of rotatable bonds is 5. The first kappa shape index (κ1) is 22.0. The summed E-state index contributed by atoms with van der Waals surface area (Å²) in [6, 6.07) is 18.9.